The second-order valence-corrected chi connectivity index (χ2v) is 5.34. The molecular formula is C14H16BrN3O2. The maximum atomic E-state index is 12.0. The largest absolute Gasteiger partial charge is 0.496 e. The van der Waals surface area contributed by atoms with Gasteiger partial charge in [0.1, 0.15) is 12.3 Å². The van der Waals surface area contributed by atoms with E-state index in [-0.39, 0.29) is 12.5 Å². The van der Waals surface area contributed by atoms with E-state index in [4.69, 9.17) is 4.74 Å². The Kier molecular flexibility index (Phi) is 4.44. The van der Waals surface area contributed by atoms with Gasteiger partial charge in [-0.2, -0.15) is 5.10 Å². The lowest BCUT2D eigenvalue weighted by Crippen LogP contribution is -2.20. The number of ether oxygens (including phenoxy) is 1. The summed E-state index contributed by atoms with van der Waals surface area (Å²) in [5.74, 6) is 0.606. The number of methoxy groups -OCH3 is 1. The van der Waals surface area contributed by atoms with E-state index in [9.17, 15) is 4.79 Å². The number of aryl methyl sites for hydroxylation is 2. The van der Waals surface area contributed by atoms with Gasteiger partial charge in [-0.3, -0.25) is 9.48 Å². The predicted octanol–water partition coefficient (Wildman–Crippen LogP) is 2.91. The highest BCUT2D eigenvalue weighted by Gasteiger charge is 2.08. The van der Waals surface area contributed by atoms with Gasteiger partial charge in [-0.25, -0.2) is 0 Å². The van der Waals surface area contributed by atoms with Crippen LogP contribution in [0.5, 0.6) is 5.75 Å². The molecule has 0 bridgehead atoms. The van der Waals surface area contributed by atoms with Crippen LogP contribution in [0.3, 0.4) is 0 Å². The molecule has 2 rings (SSSR count). The van der Waals surface area contributed by atoms with Gasteiger partial charge in [-0.1, -0.05) is 0 Å². The highest BCUT2D eigenvalue weighted by Crippen LogP contribution is 2.27. The summed E-state index contributed by atoms with van der Waals surface area (Å²) in [6.07, 6.45) is 0. The summed E-state index contributed by atoms with van der Waals surface area (Å²) in [4.78, 5) is 12.0. The molecule has 1 N–H and O–H groups in total. The minimum Gasteiger partial charge on any atom is -0.496 e. The van der Waals surface area contributed by atoms with Gasteiger partial charge in [-0.15, -0.1) is 0 Å². The van der Waals surface area contributed by atoms with Crippen molar-refractivity contribution in [1.29, 1.82) is 0 Å². The molecule has 0 spiro atoms. The number of amides is 1. The van der Waals surface area contributed by atoms with Crippen LogP contribution in [0.25, 0.3) is 0 Å². The van der Waals surface area contributed by atoms with Crippen molar-refractivity contribution in [2.45, 2.75) is 20.4 Å². The van der Waals surface area contributed by atoms with Gasteiger partial charge in [0.25, 0.3) is 0 Å². The van der Waals surface area contributed by atoms with E-state index in [1.807, 2.05) is 19.9 Å². The molecule has 1 aromatic carbocycles. The van der Waals surface area contributed by atoms with Crippen molar-refractivity contribution < 1.29 is 9.53 Å². The zero-order chi connectivity index (χ0) is 14.7. The van der Waals surface area contributed by atoms with Crippen molar-refractivity contribution in [3.05, 3.63) is 40.1 Å². The average Bonchev–Trinajstić information content (AvgIpc) is 2.68. The van der Waals surface area contributed by atoms with E-state index in [0.717, 1.165) is 21.6 Å². The smallest absolute Gasteiger partial charge is 0.246 e. The maximum Gasteiger partial charge on any atom is 0.246 e. The van der Waals surface area contributed by atoms with Crippen LogP contribution in [0.2, 0.25) is 0 Å². The number of carbonyl (C=O) groups is 1. The number of hydrogen-bond acceptors (Lipinski definition) is 3. The van der Waals surface area contributed by atoms with Crippen LogP contribution in [0.15, 0.2) is 28.7 Å². The van der Waals surface area contributed by atoms with E-state index in [1.54, 1.807) is 30.0 Å². The summed E-state index contributed by atoms with van der Waals surface area (Å²) in [7, 11) is 1.60. The van der Waals surface area contributed by atoms with Gasteiger partial charge in [0.15, 0.2) is 0 Å². The highest BCUT2D eigenvalue weighted by atomic mass is 79.9. The summed E-state index contributed by atoms with van der Waals surface area (Å²) >= 11 is 3.39. The molecule has 0 atom stereocenters. The minimum atomic E-state index is -0.117. The number of nitrogens with one attached hydrogen (secondary N) is 1. The maximum absolute atomic E-state index is 12.0. The monoisotopic (exact) mass is 337 g/mol. The lowest BCUT2D eigenvalue weighted by atomic mass is 10.3. The third-order valence-electron chi connectivity index (χ3n) is 2.83. The second-order valence-electron chi connectivity index (χ2n) is 4.48. The molecular weight excluding hydrogens is 322 g/mol. The summed E-state index contributed by atoms with van der Waals surface area (Å²) in [5, 5.41) is 7.10. The highest BCUT2D eigenvalue weighted by molar-refractivity contribution is 9.10. The number of benzene rings is 1. The lowest BCUT2D eigenvalue weighted by molar-refractivity contribution is -0.116. The summed E-state index contributed by atoms with van der Waals surface area (Å²) in [5.41, 5.74) is 2.58. The molecule has 1 aromatic heterocycles. The Balaban J connectivity index is 2.04. The quantitative estimate of drug-likeness (QED) is 0.933. The number of rotatable bonds is 4. The molecule has 6 heteroatoms. The van der Waals surface area contributed by atoms with E-state index >= 15 is 0 Å². The standard InChI is InChI=1S/C14H16BrN3O2/c1-9-6-10(2)18(17-9)8-14(19)16-11-4-5-13(20-3)12(15)7-11/h4-7H,8H2,1-3H3,(H,16,19). The Morgan fingerprint density at radius 3 is 2.70 bits per heavy atom. The van der Waals surface area contributed by atoms with Crippen LogP contribution in [-0.4, -0.2) is 22.8 Å². The fourth-order valence-electron chi connectivity index (χ4n) is 1.92. The number of nitrogens with zero attached hydrogens (tertiary/aromatic N) is 2. The van der Waals surface area contributed by atoms with Crippen molar-refractivity contribution in [1.82, 2.24) is 9.78 Å². The molecule has 106 valence electrons. The second kappa shape index (κ2) is 6.09. The Bertz CT molecular complexity index is 637. The molecule has 0 aliphatic carbocycles. The van der Waals surface area contributed by atoms with Gasteiger partial charge in [-0.05, 0) is 54.0 Å². The number of aromatic nitrogens is 2. The van der Waals surface area contributed by atoms with Crippen LogP contribution >= 0.6 is 15.9 Å². The van der Waals surface area contributed by atoms with E-state index in [0.29, 0.717) is 5.69 Å². The van der Waals surface area contributed by atoms with Crippen LogP contribution in [0.1, 0.15) is 11.4 Å². The minimum absolute atomic E-state index is 0.117. The molecule has 20 heavy (non-hydrogen) atoms. The van der Waals surface area contributed by atoms with E-state index < -0.39 is 0 Å². The molecule has 0 fully saturated rings. The van der Waals surface area contributed by atoms with Crippen LogP contribution in [-0.2, 0) is 11.3 Å². The van der Waals surface area contributed by atoms with Crippen LogP contribution in [0.4, 0.5) is 5.69 Å². The third-order valence-corrected chi connectivity index (χ3v) is 3.45. The number of anilines is 1. The molecule has 2 aromatic rings. The zero-order valence-electron chi connectivity index (χ0n) is 11.6. The lowest BCUT2D eigenvalue weighted by Gasteiger charge is -2.09. The SMILES string of the molecule is COc1ccc(NC(=O)Cn2nc(C)cc2C)cc1Br. The zero-order valence-corrected chi connectivity index (χ0v) is 13.2. The molecule has 1 amide bonds. The molecule has 0 radical (unpaired) electrons. The van der Waals surface area contributed by atoms with Crippen molar-refractivity contribution >= 4 is 27.5 Å². The Morgan fingerprint density at radius 1 is 1.40 bits per heavy atom. The summed E-state index contributed by atoms with van der Waals surface area (Å²) in [6.45, 7) is 4.03. The first-order valence-electron chi connectivity index (χ1n) is 6.14. The normalized spacial score (nSPS) is 10.4. The van der Waals surface area contributed by atoms with Crippen LogP contribution in [0, 0.1) is 13.8 Å². The summed E-state index contributed by atoms with van der Waals surface area (Å²) in [6, 6.07) is 7.33. The first kappa shape index (κ1) is 14.6. The van der Waals surface area contributed by atoms with E-state index in [2.05, 4.69) is 26.3 Å². The van der Waals surface area contributed by atoms with Crippen molar-refractivity contribution in [2.75, 3.05) is 12.4 Å². The average molecular weight is 338 g/mol. The van der Waals surface area contributed by atoms with Crippen molar-refractivity contribution in [2.24, 2.45) is 0 Å². The summed E-state index contributed by atoms with van der Waals surface area (Å²) < 4.78 is 7.62. The predicted molar refractivity (Wildman–Crippen MR) is 81.0 cm³/mol. The topological polar surface area (TPSA) is 56.1 Å². The first-order chi connectivity index (χ1) is 9.49. The van der Waals surface area contributed by atoms with Gasteiger partial charge >= 0.3 is 0 Å². The van der Waals surface area contributed by atoms with Gasteiger partial charge < -0.3 is 10.1 Å². The molecule has 0 aliphatic rings. The Morgan fingerprint density at radius 2 is 2.15 bits per heavy atom. The van der Waals surface area contributed by atoms with Crippen molar-refractivity contribution in [3.8, 4) is 5.75 Å². The number of carbonyl (C=O) groups excluding carboxylic acids is 1. The fourth-order valence-corrected chi connectivity index (χ4v) is 2.46. The Labute approximate surface area is 126 Å². The van der Waals surface area contributed by atoms with Gasteiger partial charge in [0.05, 0.1) is 17.3 Å². The fraction of sp³-hybridized carbons (Fsp3) is 0.286. The third kappa shape index (κ3) is 3.39. The number of halogens is 1. The van der Waals surface area contributed by atoms with Crippen LogP contribution < -0.4 is 10.1 Å². The van der Waals surface area contributed by atoms with Gasteiger partial charge in [0.2, 0.25) is 5.91 Å². The molecule has 0 saturated heterocycles. The molecule has 0 unspecified atom stereocenters. The molecule has 0 saturated carbocycles. The van der Waals surface area contributed by atoms with Crippen molar-refractivity contribution in [3.63, 3.8) is 0 Å². The molecule has 5 nitrogen and oxygen atoms in total. The number of hydrogen-bond donors (Lipinski definition) is 1. The molecule has 1 heterocycles. The molecule has 0 aliphatic heterocycles. The van der Waals surface area contributed by atoms with E-state index in [1.165, 1.54) is 0 Å². The Hall–Kier alpha value is -1.82. The van der Waals surface area contributed by atoms with Gasteiger partial charge in [0, 0.05) is 11.4 Å². The first-order valence-corrected chi connectivity index (χ1v) is 6.93.